The second kappa shape index (κ2) is 16.0. The van der Waals surface area contributed by atoms with E-state index in [0.29, 0.717) is 42.2 Å². The van der Waals surface area contributed by atoms with Crippen LogP contribution >= 0.6 is 0 Å². The molecule has 0 saturated carbocycles. The first kappa shape index (κ1) is 36.7. The molecule has 1 aromatic heterocycles. The van der Waals surface area contributed by atoms with Gasteiger partial charge in [0.05, 0.1) is 23.5 Å². The predicted molar refractivity (Wildman–Crippen MR) is 190 cm³/mol. The lowest BCUT2D eigenvalue weighted by Crippen LogP contribution is -2.49. The fourth-order valence-electron chi connectivity index (χ4n) is 6.21. The lowest BCUT2D eigenvalue weighted by atomic mass is 9.84. The number of esters is 1. The van der Waals surface area contributed by atoms with Crippen molar-refractivity contribution in [1.29, 1.82) is 0 Å². The van der Waals surface area contributed by atoms with Gasteiger partial charge in [0.1, 0.15) is 19.5 Å². The summed E-state index contributed by atoms with van der Waals surface area (Å²) < 4.78 is 16.6. The third-order valence-electron chi connectivity index (χ3n) is 9.35. The molecule has 268 valence electrons. The number of aromatic nitrogens is 1. The number of aldehydes is 1. The molecule has 0 saturated heterocycles. The number of para-hydroxylation sites is 1. The number of rotatable bonds is 14. The van der Waals surface area contributed by atoms with Gasteiger partial charge in [-0.25, -0.2) is 14.6 Å². The molecule has 2 N–H and O–H groups in total. The number of carbonyl (C=O) groups is 5. The molecule has 0 radical (unpaired) electrons. The molecule has 0 fully saturated rings. The molecule has 2 aliphatic rings. The normalized spacial score (nSPS) is 17.8. The number of benzene rings is 2. The van der Waals surface area contributed by atoms with Gasteiger partial charge in [-0.1, -0.05) is 37.3 Å². The highest BCUT2D eigenvalue weighted by atomic mass is 16.7. The number of hydrogen-bond donors (Lipinski definition) is 2. The summed E-state index contributed by atoms with van der Waals surface area (Å²) in [4.78, 5) is 70.8. The molecular formula is C38H43N5O8. The Hall–Kier alpha value is -5.56. The number of anilines is 1. The molecule has 51 heavy (non-hydrogen) atoms. The Labute approximate surface area is 296 Å². The Morgan fingerprint density at radius 3 is 2.57 bits per heavy atom. The van der Waals surface area contributed by atoms with E-state index in [-0.39, 0.29) is 37.3 Å². The number of nitrogens with zero attached hydrogens (tertiary/aromatic N) is 3. The summed E-state index contributed by atoms with van der Waals surface area (Å²) in [5, 5.41) is 5.99. The van der Waals surface area contributed by atoms with Crippen LogP contribution in [0.4, 0.5) is 10.5 Å². The van der Waals surface area contributed by atoms with Crippen LogP contribution in [0.25, 0.3) is 16.6 Å². The summed E-state index contributed by atoms with van der Waals surface area (Å²) in [7, 11) is 4.03. The standard InChI is InChI=1S/C38H43N5O8/c1-6-38(51-37(48)50-21-25-11-13-27(14-12-25)40-34(46)18-39-23-45)31(26(20-44)22-49-36(38)47)17-33-35-30(19-43(33)5)28(15-16-42(4)24(2)3)29-9-7-8-10-32(29)41-35/h7-14,17,20,23-24H,6,15-16,18-19,21-22H2,1-5H3,(H,39,45)(H,40,46)/b33-17-/t38-/m0/s1. The summed E-state index contributed by atoms with van der Waals surface area (Å²) in [6.07, 6.45) is 2.41. The highest BCUT2D eigenvalue weighted by Crippen LogP contribution is 2.41. The van der Waals surface area contributed by atoms with Gasteiger partial charge < -0.3 is 34.6 Å². The van der Waals surface area contributed by atoms with Gasteiger partial charge in [0, 0.05) is 54.0 Å². The summed E-state index contributed by atoms with van der Waals surface area (Å²) >= 11 is 0. The van der Waals surface area contributed by atoms with E-state index in [1.807, 2.05) is 30.1 Å². The van der Waals surface area contributed by atoms with Crippen LogP contribution in [0.1, 0.15) is 49.6 Å². The van der Waals surface area contributed by atoms with Gasteiger partial charge in [-0.3, -0.25) is 14.4 Å². The average Bonchev–Trinajstić information content (AvgIpc) is 3.43. The number of pyridine rings is 1. The van der Waals surface area contributed by atoms with Crippen molar-refractivity contribution < 1.29 is 38.2 Å². The highest BCUT2D eigenvalue weighted by molar-refractivity contribution is 5.95. The van der Waals surface area contributed by atoms with E-state index >= 15 is 0 Å². The van der Waals surface area contributed by atoms with E-state index in [0.717, 1.165) is 35.1 Å². The van der Waals surface area contributed by atoms with Crippen LogP contribution in [0.3, 0.4) is 0 Å². The monoisotopic (exact) mass is 697 g/mol. The number of fused-ring (bicyclic) bond motifs is 2. The third kappa shape index (κ3) is 7.93. The first-order chi connectivity index (χ1) is 24.5. The van der Waals surface area contributed by atoms with Crippen LogP contribution in [0.2, 0.25) is 0 Å². The highest BCUT2D eigenvalue weighted by Gasteiger charge is 2.50. The molecule has 2 aromatic carbocycles. The molecule has 5 rings (SSSR count). The van der Waals surface area contributed by atoms with Crippen LogP contribution in [0.15, 0.2) is 65.8 Å². The minimum absolute atomic E-state index is 0.0285. The van der Waals surface area contributed by atoms with E-state index in [1.165, 1.54) is 5.56 Å². The number of hydrogen-bond acceptors (Lipinski definition) is 11. The minimum Gasteiger partial charge on any atom is -0.457 e. The molecule has 13 nitrogen and oxygen atoms in total. The number of cyclic esters (lactones) is 1. The number of carbonyl (C=O) groups excluding carboxylic acids is 5. The zero-order valence-corrected chi connectivity index (χ0v) is 29.5. The molecule has 0 aliphatic carbocycles. The second-order valence-corrected chi connectivity index (χ2v) is 12.8. The van der Waals surface area contributed by atoms with Crippen molar-refractivity contribution in [2.24, 2.45) is 0 Å². The largest absolute Gasteiger partial charge is 0.510 e. The van der Waals surface area contributed by atoms with Crippen molar-refractivity contribution >= 4 is 53.0 Å². The number of likely N-dealkylation sites (N-methyl/N-ethyl adjacent to an activating group) is 1. The summed E-state index contributed by atoms with van der Waals surface area (Å²) in [5.41, 5.74) is 4.00. The Morgan fingerprint density at radius 1 is 1.14 bits per heavy atom. The maximum absolute atomic E-state index is 13.5. The molecule has 0 bridgehead atoms. The topological polar surface area (TPSA) is 156 Å². The van der Waals surface area contributed by atoms with Crippen LogP contribution in [0.5, 0.6) is 0 Å². The second-order valence-electron chi connectivity index (χ2n) is 12.8. The van der Waals surface area contributed by atoms with E-state index in [4.69, 9.17) is 19.2 Å². The van der Waals surface area contributed by atoms with Crippen molar-refractivity contribution in [1.82, 2.24) is 20.1 Å². The summed E-state index contributed by atoms with van der Waals surface area (Å²) in [6.45, 7) is 6.76. The first-order valence-corrected chi connectivity index (χ1v) is 16.8. The fraction of sp³-hybridized carbons (Fsp3) is 0.368. The maximum atomic E-state index is 13.5. The van der Waals surface area contributed by atoms with Gasteiger partial charge >= 0.3 is 12.1 Å². The Kier molecular flexibility index (Phi) is 11.5. The Balaban J connectivity index is 1.43. The molecule has 0 spiro atoms. The van der Waals surface area contributed by atoms with E-state index in [2.05, 4.69) is 42.5 Å². The number of amides is 2. The van der Waals surface area contributed by atoms with Gasteiger partial charge in [-0.15, -0.1) is 0 Å². The molecule has 1 atom stereocenters. The fourth-order valence-corrected chi connectivity index (χ4v) is 6.21. The number of nitrogens with one attached hydrogen (secondary N) is 2. The molecular weight excluding hydrogens is 654 g/mol. The van der Waals surface area contributed by atoms with Crippen LogP contribution in [-0.4, -0.2) is 90.9 Å². The average molecular weight is 698 g/mol. The van der Waals surface area contributed by atoms with Gasteiger partial charge in [-0.05, 0) is 69.1 Å². The van der Waals surface area contributed by atoms with Gasteiger partial charge in [0.15, 0.2) is 0 Å². The molecule has 3 heterocycles. The van der Waals surface area contributed by atoms with Crippen molar-refractivity contribution in [3.63, 3.8) is 0 Å². The summed E-state index contributed by atoms with van der Waals surface area (Å²) in [5.74, 6) is -1.22. The SMILES string of the molecule is CC[C@@]1(OC(=O)OCc2ccc(NC(=O)CNC=O)cc2)C(=O)OCC(C=O)=C1/C=C1/c2nc3ccccc3c(CCN(C)C(C)C)c2CN1C. The van der Waals surface area contributed by atoms with E-state index in [1.54, 1.807) is 37.3 Å². The zero-order valence-electron chi connectivity index (χ0n) is 29.5. The summed E-state index contributed by atoms with van der Waals surface area (Å²) in [6, 6.07) is 14.9. The Bertz CT molecular complexity index is 1890. The molecule has 3 aromatic rings. The predicted octanol–water partition coefficient (Wildman–Crippen LogP) is 4.14. The number of ether oxygens (including phenoxy) is 3. The maximum Gasteiger partial charge on any atom is 0.510 e. The zero-order chi connectivity index (χ0) is 36.7. The quantitative estimate of drug-likeness (QED) is 0.184. The van der Waals surface area contributed by atoms with E-state index in [9.17, 15) is 24.0 Å². The molecule has 2 amide bonds. The Morgan fingerprint density at radius 2 is 1.88 bits per heavy atom. The van der Waals surface area contributed by atoms with Gasteiger partial charge in [0.2, 0.25) is 17.9 Å². The van der Waals surface area contributed by atoms with Crippen molar-refractivity contribution in [3.8, 4) is 0 Å². The van der Waals surface area contributed by atoms with Gasteiger partial charge in [0.25, 0.3) is 0 Å². The van der Waals surface area contributed by atoms with Crippen LogP contribution < -0.4 is 10.6 Å². The van der Waals surface area contributed by atoms with Crippen molar-refractivity contribution in [2.45, 2.75) is 58.4 Å². The molecule has 13 heteroatoms. The lowest BCUT2D eigenvalue weighted by Gasteiger charge is -2.35. The van der Waals surface area contributed by atoms with E-state index < -0.39 is 23.6 Å². The van der Waals surface area contributed by atoms with Crippen LogP contribution in [-0.2, 0) is 53.0 Å². The smallest absolute Gasteiger partial charge is 0.457 e. The van der Waals surface area contributed by atoms with Crippen molar-refractivity contribution in [3.05, 3.63) is 88.1 Å². The first-order valence-electron chi connectivity index (χ1n) is 16.8. The van der Waals surface area contributed by atoms with Crippen molar-refractivity contribution in [2.75, 3.05) is 39.1 Å². The lowest BCUT2D eigenvalue weighted by molar-refractivity contribution is -0.165. The molecule has 2 aliphatic heterocycles. The third-order valence-corrected chi connectivity index (χ3v) is 9.35. The van der Waals surface area contributed by atoms with Crippen LogP contribution in [0, 0.1) is 0 Å². The molecule has 0 unspecified atom stereocenters. The minimum atomic E-state index is -1.95. The van der Waals surface area contributed by atoms with Gasteiger partial charge in [-0.2, -0.15) is 0 Å².